The van der Waals surface area contributed by atoms with Gasteiger partial charge in [-0.25, -0.2) is 9.07 Å². The van der Waals surface area contributed by atoms with Crippen molar-refractivity contribution < 1.29 is 4.39 Å². The van der Waals surface area contributed by atoms with E-state index in [2.05, 4.69) is 51.4 Å². The summed E-state index contributed by atoms with van der Waals surface area (Å²) in [6.45, 7) is 5.28. The molecule has 1 saturated carbocycles. The Morgan fingerprint density at radius 1 is 1.08 bits per heavy atom. The first-order valence-corrected chi connectivity index (χ1v) is 13.0. The Bertz CT molecular complexity index is 1370. The number of aryl methyl sites for hydroxylation is 1. The molecule has 5 rings (SSSR count). The van der Waals surface area contributed by atoms with Gasteiger partial charge in [0.1, 0.15) is 5.82 Å². The van der Waals surface area contributed by atoms with Gasteiger partial charge in [-0.05, 0) is 83.0 Å². The van der Waals surface area contributed by atoms with Gasteiger partial charge in [-0.2, -0.15) is 0 Å². The minimum absolute atomic E-state index is 0.0411. The molecule has 2 aromatic carbocycles. The summed E-state index contributed by atoms with van der Waals surface area (Å²) in [7, 11) is 0. The number of nitrogens with zero attached hydrogens (tertiary/aromatic N) is 5. The van der Waals surface area contributed by atoms with Crippen LogP contribution in [0.1, 0.15) is 74.5 Å². The van der Waals surface area contributed by atoms with Gasteiger partial charge in [-0.15, -0.1) is 5.10 Å². The van der Waals surface area contributed by atoms with Crippen molar-refractivity contribution in [2.75, 3.05) is 0 Å². The van der Waals surface area contributed by atoms with Gasteiger partial charge in [0.25, 0.3) is 5.56 Å². The zero-order valence-electron chi connectivity index (χ0n) is 21.0. The topological polar surface area (TPSA) is 79.7 Å². The number of H-pyrrole nitrogens is 1. The molecule has 4 aromatic rings. The van der Waals surface area contributed by atoms with Crippen LogP contribution in [0.5, 0.6) is 0 Å². The Hall–Kier alpha value is -3.39. The average molecular weight is 489 g/mol. The first-order valence-electron chi connectivity index (χ1n) is 13.0. The van der Waals surface area contributed by atoms with Crippen LogP contribution < -0.4 is 5.56 Å². The van der Waals surface area contributed by atoms with Crippen LogP contribution >= 0.6 is 0 Å². The average Bonchev–Trinajstić information content (AvgIpc) is 3.58. The fraction of sp³-hybridized carbons (Fsp3) is 0.429. The number of aromatic amines is 1. The van der Waals surface area contributed by atoms with Crippen molar-refractivity contribution in [1.29, 1.82) is 0 Å². The first-order chi connectivity index (χ1) is 17.6. The van der Waals surface area contributed by atoms with E-state index in [0.717, 1.165) is 53.5 Å². The molecule has 0 radical (unpaired) electrons. The summed E-state index contributed by atoms with van der Waals surface area (Å²) in [5.74, 6) is 0.514. The van der Waals surface area contributed by atoms with E-state index in [9.17, 15) is 9.18 Å². The summed E-state index contributed by atoms with van der Waals surface area (Å²) < 4.78 is 15.2. The van der Waals surface area contributed by atoms with E-state index < -0.39 is 0 Å². The van der Waals surface area contributed by atoms with Crippen LogP contribution in [0.25, 0.3) is 10.9 Å². The minimum atomic E-state index is -0.263. The van der Waals surface area contributed by atoms with Gasteiger partial charge in [0, 0.05) is 23.7 Å². The predicted molar refractivity (Wildman–Crippen MR) is 138 cm³/mol. The summed E-state index contributed by atoms with van der Waals surface area (Å²) in [6.07, 6.45) is 6.33. The minimum Gasteiger partial charge on any atom is -0.322 e. The van der Waals surface area contributed by atoms with Gasteiger partial charge < -0.3 is 4.98 Å². The largest absolute Gasteiger partial charge is 0.322 e. The predicted octanol–water partition coefficient (Wildman–Crippen LogP) is 5.16. The SMILES string of the molecule is CCc1ccc2[nH]c(=O)c(CN(C3CCCC3)[C@H](CC)c3nnnn3Cc3ccc(F)cc3)cc2c1. The van der Waals surface area contributed by atoms with Crippen molar-refractivity contribution in [3.05, 3.63) is 87.2 Å². The third-order valence-corrected chi connectivity index (χ3v) is 7.43. The molecule has 7 nitrogen and oxygen atoms in total. The molecule has 36 heavy (non-hydrogen) atoms. The van der Waals surface area contributed by atoms with Crippen LogP contribution in [0.3, 0.4) is 0 Å². The standard InChI is InChI=1S/C28H33FN6O/c1-3-19-11-14-25-21(15-19)16-22(28(36)30-25)18-34(24-7-5-6-8-24)26(4-2)27-31-32-33-35(27)17-20-9-12-23(29)13-10-20/h9-16,24,26H,3-8,17-18H2,1-2H3,(H,30,36)/t26-/m1/s1. The molecule has 1 aliphatic carbocycles. The zero-order valence-corrected chi connectivity index (χ0v) is 21.0. The maximum Gasteiger partial charge on any atom is 0.252 e. The van der Waals surface area contributed by atoms with Crippen molar-refractivity contribution >= 4 is 10.9 Å². The third kappa shape index (κ3) is 5.09. The van der Waals surface area contributed by atoms with Crippen LogP contribution in [-0.4, -0.2) is 36.1 Å². The van der Waals surface area contributed by atoms with Gasteiger partial charge in [0.15, 0.2) is 5.82 Å². The Kier molecular flexibility index (Phi) is 7.23. The first kappa shape index (κ1) is 24.3. The highest BCUT2D eigenvalue weighted by atomic mass is 19.1. The van der Waals surface area contributed by atoms with E-state index in [0.29, 0.717) is 19.1 Å². The second-order valence-electron chi connectivity index (χ2n) is 9.75. The van der Waals surface area contributed by atoms with Crippen LogP contribution in [0, 0.1) is 5.82 Å². The van der Waals surface area contributed by atoms with E-state index in [1.54, 1.807) is 12.1 Å². The maximum absolute atomic E-state index is 13.4. The lowest BCUT2D eigenvalue weighted by Crippen LogP contribution is -2.39. The summed E-state index contributed by atoms with van der Waals surface area (Å²) >= 11 is 0. The number of hydrogen-bond donors (Lipinski definition) is 1. The Morgan fingerprint density at radius 2 is 1.83 bits per heavy atom. The van der Waals surface area contributed by atoms with Gasteiger partial charge in [-0.3, -0.25) is 9.69 Å². The van der Waals surface area contributed by atoms with Gasteiger partial charge in [0.05, 0.1) is 12.6 Å². The molecule has 8 heteroatoms. The summed E-state index contributed by atoms with van der Waals surface area (Å²) in [4.78, 5) is 18.6. The van der Waals surface area contributed by atoms with Crippen molar-refractivity contribution in [1.82, 2.24) is 30.1 Å². The van der Waals surface area contributed by atoms with Crippen LogP contribution in [0.15, 0.2) is 53.3 Å². The van der Waals surface area contributed by atoms with E-state index in [-0.39, 0.29) is 17.4 Å². The fourth-order valence-electron chi connectivity index (χ4n) is 5.46. The molecule has 1 atom stereocenters. The van der Waals surface area contributed by atoms with Crippen molar-refractivity contribution in [3.63, 3.8) is 0 Å². The number of tetrazole rings is 1. The molecule has 188 valence electrons. The molecule has 0 aliphatic heterocycles. The second kappa shape index (κ2) is 10.7. The molecule has 1 fully saturated rings. The Morgan fingerprint density at radius 3 is 2.56 bits per heavy atom. The molecule has 1 aliphatic rings. The molecule has 0 spiro atoms. The molecule has 0 amide bonds. The van der Waals surface area contributed by atoms with Crippen molar-refractivity contribution in [2.45, 2.75) is 77.5 Å². The molecule has 0 unspecified atom stereocenters. The highest BCUT2D eigenvalue weighted by Gasteiger charge is 2.32. The maximum atomic E-state index is 13.4. The molecule has 1 N–H and O–H groups in total. The monoisotopic (exact) mass is 488 g/mol. The third-order valence-electron chi connectivity index (χ3n) is 7.43. The molecular formula is C28H33FN6O. The van der Waals surface area contributed by atoms with Gasteiger partial charge in [0.2, 0.25) is 0 Å². The number of fused-ring (bicyclic) bond motifs is 1. The second-order valence-corrected chi connectivity index (χ2v) is 9.75. The lowest BCUT2D eigenvalue weighted by molar-refractivity contribution is 0.112. The lowest BCUT2D eigenvalue weighted by Gasteiger charge is -2.35. The van der Waals surface area contributed by atoms with Crippen molar-refractivity contribution in [3.8, 4) is 0 Å². The number of benzene rings is 2. The quantitative estimate of drug-likeness (QED) is 0.352. The Balaban J connectivity index is 1.49. The van der Waals surface area contributed by atoms with E-state index >= 15 is 0 Å². The number of nitrogens with one attached hydrogen (secondary N) is 1. The lowest BCUT2D eigenvalue weighted by atomic mass is 10.0. The number of rotatable bonds is 9. The number of hydrogen-bond acceptors (Lipinski definition) is 5. The molecular weight excluding hydrogens is 455 g/mol. The van der Waals surface area contributed by atoms with Gasteiger partial charge >= 0.3 is 0 Å². The summed E-state index contributed by atoms with van der Waals surface area (Å²) in [5, 5.41) is 13.7. The number of aromatic nitrogens is 5. The van der Waals surface area contributed by atoms with Crippen molar-refractivity contribution in [2.24, 2.45) is 0 Å². The number of halogens is 1. The fourth-order valence-corrected chi connectivity index (χ4v) is 5.46. The summed E-state index contributed by atoms with van der Waals surface area (Å²) in [5.41, 5.74) is 3.77. The molecule has 0 bridgehead atoms. The summed E-state index contributed by atoms with van der Waals surface area (Å²) in [6, 6.07) is 15.0. The van der Waals surface area contributed by atoms with E-state index in [1.807, 2.05) is 16.8 Å². The number of pyridine rings is 1. The Labute approximate surface area is 210 Å². The molecule has 2 aromatic heterocycles. The highest BCUT2D eigenvalue weighted by Crippen LogP contribution is 2.33. The van der Waals surface area contributed by atoms with Crippen LogP contribution in [0.4, 0.5) is 4.39 Å². The van der Waals surface area contributed by atoms with Crippen LogP contribution in [-0.2, 0) is 19.5 Å². The smallest absolute Gasteiger partial charge is 0.252 e. The normalized spacial score (nSPS) is 15.2. The van der Waals surface area contributed by atoms with E-state index in [1.165, 1.54) is 30.5 Å². The molecule has 0 saturated heterocycles. The van der Waals surface area contributed by atoms with Crippen LogP contribution in [0.2, 0.25) is 0 Å². The highest BCUT2D eigenvalue weighted by molar-refractivity contribution is 5.79. The zero-order chi connectivity index (χ0) is 25.1. The molecule has 2 heterocycles. The van der Waals surface area contributed by atoms with E-state index in [4.69, 9.17) is 0 Å². The van der Waals surface area contributed by atoms with Gasteiger partial charge in [-0.1, -0.05) is 44.9 Å².